The van der Waals surface area contributed by atoms with Crippen molar-refractivity contribution in [3.05, 3.63) is 17.0 Å². The minimum absolute atomic E-state index is 0.0247. The topological polar surface area (TPSA) is 61.5 Å². The van der Waals surface area contributed by atoms with E-state index in [1.165, 1.54) is 0 Å². The molecule has 23 heavy (non-hydrogen) atoms. The van der Waals surface area contributed by atoms with Gasteiger partial charge in [0, 0.05) is 44.2 Å². The number of H-pyrrole nitrogens is 1. The van der Waals surface area contributed by atoms with Gasteiger partial charge in [-0.2, -0.15) is 5.10 Å². The van der Waals surface area contributed by atoms with Crippen LogP contribution in [0.2, 0.25) is 0 Å². The van der Waals surface area contributed by atoms with E-state index in [2.05, 4.69) is 28.9 Å². The Kier molecular flexibility index (Phi) is 4.73. The molecule has 6 nitrogen and oxygen atoms in total. The summed E-state index contributed by atoms with van der Waals surface area (Å²) in [5.74, 6) is 0.0643. The second-order valence-corrected chi connectivity index (χ2v) is 7.03. The monoisotopic (exact) mass is 320 g/mol. The molecule has 2 aliphatic rings. The van der Waals surface area contributed by atoms with Crippen LogP contribution < -0.4 is 0 Å². The lowest BCUT2D eigenvalue weighted by atomic mass is 9.99. The Labute approximate surface area is 138 Å². The van der Waals surface area contributed by atoms with Crippen LogP contribution in [0.5, 0.6) is 0 Å². The lowest BCUT2D eigenvalue weighted by Gasteiger charge is -2.26. The zero-order valence-electron chi connectivity index (χ0n) is 14.6. The van der Waals surface area contributed by atoms with Gasteiger partial charge in [-0.15, -0.1) is 0 Å². The van der Waals surface area contributed by atoms with Crippen molar-refractivity contribution in [3.63, 3.8) is 0 Å². The Morgan fingerprint density at radius 2 is 2.04 bits per heavy atom. The summed E-state index contributed by atoms with van der Waals surface area (Å²) in [6.45, 7) is 12.1. The van der Waals surface area contributed by atoms with Crippen LogP contribution in [-0.4, -0.2) is 64.2 Å². The molecule has 0 radical (unpaired) electrons. The molecule has 1 aromatic rings. The van der Waals surface area contributed by atoms with Crippen molar-refractivity contribution in [2.24, 2.45) is 0 Å². The van der Waals surface area contributed by atoms with Gasteiger partial charge in [-0.1, -0.05) is 0 Å². The molecule has 3 heterocycles. The second-order valence-electron chi connectivity index (χ2n) is 7.03. The van der Waals surface area contributed by atoms with E-state index in [4.69, 9.17) is 4.74 Å². The first-order valence-corrected chi connectivity index (χ1v) is 8.73. The number of aromatic nitrogens is 2. The molecule has 6 heteroatoms. The van der Waals surface area contributed by atoms with Gasteiger partial charge < -0.3 is 9.64 Å². The number of hydrogen-bond donors (Lipinski definition) is 1. The molecule has 1 N–H and O–H groups in total. The fraction of sp³-hybridized carbons (Fsp3) is 0.765. The number of aromatic amines is 1. The molecule has 1 amide bonds. The van der Waals surface area contributed by atoms with E-state index in [1.54, 1.807) is 0 Å². The van der Waals surface area contributed by atoms with Crippen molar-refractivity contribution < 1.29 is 9.53 Å². The highest BCUT2D eigenvalue weighted by Crippen LogP contribution is 2.30. The molecule has 0 unspecified atom stereocenters. The predicted octanol–water partition coefficient (Wildman–Crippen LogP) is 1.99. The molecular formula is C17H28N4O2. The van der Waals surface area contributed by atoms with Crippen LogP contribution in [0.15, 0.2) is 0 Å². The molecule has 0 spiro atoms. The molecule has 0 saturated carbocycles. The highest BCUT2D eigenvalue weighted by atomic mass is 16.5. The lowest BCUT2D eigenvalue weighted by molar-refractivity contribution is -0.00702. The maximum Gasteiger partial charge on any atom is 0.274 e. The molecule has 0 aliphatic carbocycles. The average Bonchev–Trinajstić information content (AvgIpc) is 2.76. The third-order valence-corrected chi connectivity index (χ3v) is 4.98. The average molecular weight is 320 g/mol. The van der Waals surface area contributed by atoms with E-state index in [9.17, 15) is 4.79 Å². The summed E-state index contributed by atoms with van der Waals surface area (Å²) in [6, 6.07) is 0.530. The van der Waals surface area contributed by atoms with Gasteiger partial charge in [0.05, 0.1) is 17.9 Å². The maximum absolute atomic E-state index is 13.0. The van der Waals surface area contributed by atoms with Gasteiger partial charge in [0.15, 0.2) is 5.69 Å². The Bertz CT molecular complexity index is 569. The van der Waals surface area contributed by atoms with Crippen molar-refractivity contribution in [1.29, 1.82) is 0 Å². The zero-order chi connectivity index (χ0) is 16.6. The predicted molar refractivity (Wildman–Crippen MR) is 88.5 cm³/mol. The van der Waals surface area contributed by atoms with E-state index >= 15 is 0 Å². The Hall–Kier alpha value is -1.40. The van der Waals surface area contributed by atoms with Crippen LogP contribution in [0.25, 0.3) is 0 Å². The first-order chi connectivity index (χ1) is 11.0. The third kappa shape index (κ3) is 3.28. The number of amides is 1. The molecule has 1 aromatic heterocycles. The first-order valence-electron chi connectivity index (χ1n) is 8.73. The standard InChI is InChI=1S/C17H28N4O2/c1-11(2)20-6-5-7-21(9-8-20)17(22)16-14-10-12(3)23-13(4)15(14)18-19-16/h11-13H,5-10H2,1-4H3,(H,18,19)/t12-,13+/m0/s1. The SMILES string of the molecule is CC(C)N1CCCN(C(=O)c2n[nH]c3c2C[C@H](C)O[C@@H]3C)CC1. The number of carbonyl (C=O) groups is 1. The maximum atomic E-state index is 13.0. The normalized spacial score (nSPS) is 26.2. The second kappa shape index (κ2) is 6.61. The fourth-order valence-corrected chi connectivity index (χ4v) is 3.66. The third-order valence-electron chi connectivity index (χ3n) is 4.98. The van der Waals surface area contributed by atoms with Gasteiger partial charge in [0.2, 0.25) is 0 Å². The smallest absolute Gasteiger partial charge is 0.274 e. The van der Waals surface area contributed by atoms with Crippen molar-refractivity contribution in [1.82, 2.24) is 20.0 Å². The Balaban J connectivity index is 1.76. The number of rotatable bonds is 2. The molecule has 0 aromatic carbocycles. The summed E-state index contributed by atoms with van der Waals surface area (Å²) in [6.07, 6.45) is 1.88. The van der Waals surface area contributed by atoms with Gasteiger partial charge >= 0.3 is 0 Å². The quantitative estimate of drug-likeness (QED) is 0.905. The van der Waals surface area contributed by atoms with Crippen molar-refractivity contribution in [2.75, 3.05) is 26.2 Å². The minimum Gasteiger partial charge on any atom is -0.369 e. The Morgan fingerprint density at radius 3 is 2.78 bits per heavy atom. The van der Waals surface area contributed by atoms with Crippen LogP contribution >= 0.6 is 0 Å². The number of hydrogen-bond acceptors (Lipinski definition) is 4. The molecule has 2 aliphatic heterocycles. The molecule has 0 bridgehead atoms. The van der Waals surface area contributed by atoms with E-state index < -0.39 is 0 Å². The first kappa shape index (κ1) is 16.5. The van der Waals surface area contributed by atoms with Crippen molar-refractivity contribution >= 4 is 5.91 Å². The van der Waals surface area contributed by atoms with Gasteiger partial charge in [-0.05, 0) is 34.1 Å². The summed E-state index contributed by atoms with van der Waals surface area (Å²) in [5.41, 5.74) is 2.61. The van der Waals surface area contributed by atoms with Gasteiger partial charge in [0.25, 0.3) is 5.91 Å². The Morgan fingerprint density at radius 1 is 1.26 bits per heavy atom. The number of carbonyl (C=O) groups excluding carboxylic acids is 1. The summed E-state index contributed by atoms with van der Waals surface area (Å²) in [7, 11) is 0. The molecule has 1 fully saturated rings. The number of nitrogens with one attached hydrogen (secondary N) is 1. The van der Waals surface area contributed by atoms with Crippen LogP contribution in [0.4, 0.5) is 0 Å². The van der Waals surface area contributed by atoms with Crippen LogP contribution in [0.1, 0.15) is 62.0 Å². The highest BCUT2D eigenvalue weighted by Gasteiger charge is 2.32. The summed E-state index contributed by atoms with van der Waals surface area (Å²) in [4.78, 5) is 17.4. The fourth-order valence-electron chi connectivity index (χ4n) is 3.66. The van der Waals surface area contributed by atoms with Crippen molar-refractivity contribution in [3.8, 4) is 0 Å². The number of nitrogens with zero attached hydrogens (tertiary/aromatic N) is 3. The number of ether oxygens (including phenoxy) is 1. The molecular weight excluding hydrogens is 292 g/mol. The molecule has 2 atom stereocenters. The number of fused-ring (bicyclic) bond motifs is 1. The summed E-state index contributed by atoms with van der Waals surface area (Å²) < 4.78 is 5.81. The van der Waals surface area contributed by atoms with E-state index in [1.807, 2.05) is 18.7 Å². The van der Waals surface area contributed by atoms with Crippen LogP contribution in [0, 0.1) is 0 Å². The van der Waals surface area contributed by atoms with Crippen molar-refractivity contribution in [2.45, 2.75) is 58.8 Å². The van der Waals surface area contributed by atoms with E-state index in [-0.39, 0.29) is 18.1 Å². The molecule has 128 valence electrons. The minimum atomic E-state index is -0.0247. The van der Waals surface area contributed by atoms with Gasteiger partial charge in [-0.3, -0.25) is 14.8 Å². The largest absolute Gasteiger partial charge is 0.369 e. The van der Waals surface area contributed by atoms with E-state index in [0.717, 1.165) is 50.3 Å². The molecule has 3 rings (SSSR count). The summed E-state index contributed by atoms with van der Waals surface area (Å²) in [5, 5.41) is 7.36. The lowest BCUT2D eigenvalue weighted by Crippen LogP contribution is -2.38. The van der Waals surface area contributed by atoms with Crippen LogP contribution in [-0.2, 0) is 11.2 Å². The van der Waals surface area contributed by atoms with Gasteiger partial charge in [-0.25, -0.2) is 0 Å². The van der Waals surface area contributed by atoms with Crippen LogP contribution in [0.3, 0.4) is 0 Å². The molecule has 1 saturated heterocycles. The zero-order valence-corrected chi connectivity index (χ0v) is 14.6. The summed E-state index contributed by atoms with van der Waals surface area (Å²) >= 11 is 0. The highest BCUT2D eigenvalue weighted by molar-refractivity contribution is 5.94. The van der Waals surface area contributed by atoms with E-state index in [0.29, 0.717) is 11.7 Å². The van der Waals surface area contributed by atoms with Gasteiger partial charge in [0.1, 0.15) is 0 Å².